The van der Waals surface area contributed by atoms with Gasteiger partial charge in [0.2, 0.25) is 10.0 Å². The maximum atomic E-state index is 12.1. The van der Waals surface area contributed by atoms with E-state index >= 15 is 0 Å². The predicted octanol–water partition coefficient (Wildman–Crippen LogP) is 2.27. The lowest BCUT2D eigenvalue weighted by Crippen LogP contribution is -2.29. The van der Waals surface area contributed by atoms with Gasteiger partial charge < -0.3 is 0 Å². The Morgan fingerprint density at radius 3 is 2.80 bits per heavy atom. The highest BCUT2D eigenvalue weighted by Crippen LogP contribution is 2.33. The average molecular weight is 266 g/mol. The summed E-state index contributed by atoms with van der Waals surface area (Å²) in [6.45, 7) is 0. The number of nitrogens with zero attached hydrogens (tertiary/aromatic N) is 1. The summed E-state index contributed by atoms with van der Waals surface area (Å²) in [5.41, 5.74) is 0. The van der Waals surface area contributed by atoms with Gasteiger partial charge >= 0.3 is 0 Å². The molecule has 0 radical (unpaired) electrons. The van der Waals surface area contributed by atoms with Crippen molar-refractivity contribution in [2.45, 2.75) is 29.7 Å². The Hall–Kier alpha value is -0.100. The minimum absolute atomic E-state index is 0.193. The van der Waals surface area contributed by atoms with Crippen LogP contribution in [0.15, 0.2) is 16.3 Å². The molecule has 0 bridgehead atoms. The van der Waals surface area contributed by atoms with Gasteiger partial charge in [-0.3, -0.25) is 0 Å². The molecule has 3 nitrogen and oxygen atoms in total. The van der Waals surface area contributed by atoms with E-state index in [9.17, 15) is 8.42 Å². The van der Waals surface area contributed by atoms with Crippen molar-refractivity contribution >= 4 is 33.0 Å². The molecule has 1 fully saturated rings. The molecule has 84 valence electrons. The second kappa shape index (κ2) is 4.05. The summed E-state index contributed by atoms with van der Waals surface area (Å²) in [5, 5.41) is 1.77. The topological polar surface area (TPSA) is 37.4 Å². The molecule has 0 aromatic carbocycles. The van der Waals surface area contributed by atoms with E-state index in [0.717, 1.165) is 17.7 Å². The van der Waals surface area contributed by atoms with E-state index in [0.29, 0.717) is 4.90 Å². The second-order valence-corrected chi connectivity index (χ2v) is 6.83. The van der Waals surface area contributed by atoms with E-state index in [4.69, 9.17) is 11.6 Å². The first-order valence-corrected chi connectivity index (χ1v) is 7.53. The predicted molar refractivity (Wildman–Crippen MR) is 61.8 cm³/mol. The van der Waals surface area contributed by atoms with Crippen LogP contribution >= 0.6 is 22.9 Å². The fourth-order valence-corrected chi connectivity index (χ4v) is 4.53. The van der Waals surface area contributed by atoms with Crippen LogP contribution in [-0.2, 0) is 15.9 Å². The largest absolute Gasteiger partial charge is 0.244 e. The third-order valence-electron chi connectivity index (χ3n) is 2.54. The van der Waals surface area contributed by atoms with E-state index in [-0.39, 0.29) is 11.9 Å². The summed E-state index contributed by atoms with van der Waals surface area (Å²) >= 11 is 7.09. The third-order valence-corrected chi connectivity index (χ3v) is 6.01. The normalized spacial score (nSPS) is 17.3. The molecule has 0 saturated heterocycles. The van der Waals surface area contributed by atoms with E-state index in [1.807, 2.05) is 0 Å². The molecule has 0 spiro atoms. The average Bonchev–Trinajstić information content (AvgIpc) is 2.93. The first-order valence-electron chi connectivity index (χ1n) is 4.67. The molecule has 15 heavy (non-hydrogen) atoms. The van der Waals surface area contributed by atoms with Crippen LogP contribution in [0.4, 0.5) is 0 Å². The summed E-state index contributed by atoms with van der Waals surface area (Å²) in [6, 6.07) is 1.83. The van der Waals surface area contributed by atoms with Gasteiger partial charge in [0.1, 0.15) is 0 Å². The van der Waals surface area contributed by atoms with E-state index in [1.165, 1.54) is 15.6 Å². The van der Waals surface area contributed by atoms with Gasteiger partial charge in [-0.25, -0.2) is 8.42 Å². The van der Waals surface area contributed by atoms with Crippen LogP contribution in [0.3, 0.4) is 0 Å². The maximum Gasteiger partial charge on any atom is 0.244 e. The number of hydrogen-bond donors (Lipinski definition) is 0. The molecule has 1 aromatic rings. The summed E-state index contributed by atoms with van der Waals surface area (Å²) < 4.78 is 25.7. The number of hydrogen-bond acceptors (Lipinski definition) is 3. The van der Waals surface area contributed by atoms with Gasteiger partial charge in [0.15, 0.2) is 0 Å². The van der Waals surface area contributed by atoms with Crippen LogP contribution in [-0.4, -0.2) is 25.8 Å². The Labute approximate surface area is 98.7 Å². The lowest BCUT2D eigenvalue weighted by atomic mass is 10.5. The van der Waals surface area contributed by atoms with E-state index < -0.39 is 10.0 Å². The Morgan fingerprint density at radius 1 is 1.60 bits per heavy atom. The highest BCUT2D eigenvalue weighted by Gasteiger charge is 2.36. The van der Waals surface area contributed by atoms with Crippen LogP contribution in [0.25, 0.3) is 0 Å². The summed E-state index contributed by atoms with van der Waals surface area (Å²) in [7, 11) is -1.67. The summed E-state index contributed by atoms with van der Waals surface area (Å²) in [4.78, 5) is 1.10. The zero-order valence-electron chi connectivity index (χ0n) is 8.31. The van der Waals surface area contributed by atoms with Gasteiger partial charge in [0.05, 0.1) is 10.8 Å². The van der Waals surface area contributed by atoms with Crippen LogP contribution in [0.2, 0.25) is 0 Å². The van der Waals surface area contributed by atoms with Crippen molar-refractivity contribution in [1.82, 2.24) is 4.31 Å². The van der Waals surface area contributed by atoms with Crippen molar-refractivity contribution in [3.05, 3.63) is 16.3 Å². The van der Waals surface area contributed by atoms with Crippen LogP contribution < -0.4 is 0 Å². The maximum absolute atomic E-state index is 12.1. The molecule has 1 aromatic heterocycles. The number of halogens is 1. The summed E-state index contributed by atoms with van der Waals surface area (Å²) in [5.74, 6) is 0.255. The number of rotatable bonds is 4. The molecule has 0 aliphatic heterocycles. The minimum atomic E-state index is -3.32. The highest BCUT2D eigenvalue weighted by atomic mass is 35.5. The molecular formula is C9H12ClNO2S2. The van der Waals surface area contributed by atoms with Crippen molar-refractivity contribution in [2.75, 3.05) is 7.05 Å². The van der Waals surface area contributed by atoms with Gasteiger partial charge in [-0.15, -0.1) is 22.9 Å². The number of alkyl halides is 1. The van der Waals surface area contributed by atoms with Crippen LogP contribution in [0.5, 0.6) is 0 Å². The lowest BCUT2D eigenvalue weighted by Gasteiger charge is -2.16. The Balaban J connectivity index is 2.36. The fraction of sp³-hybridized carbons (Fsp3) is 0.556. The lowest BCUT2D eigenvalue weighted by molar-refractivity contribution is 0.464. The molecule has 0 unspecified atom stereocenters. The Kier molecular flexibility index (Phi) is 3.07. The van der Waals surface area contributed by atoms with Crippen LogP contribution in [0.1, 0.15) is 17.7 Å². The highest BCUT2D eigenvalue weighted by molar-refractivity contribution is 7.89. The molecule has 1 heterocycles. The molecule has 0 N–H and O–H groups in total. The molecule has 2 rings (SSSR count). The molecule has 1 saturated carbocycles. The number of sulfonamides is 1. The number of thiophene rings is 1. The first-order chi connectivity index (χ1) is 7.07. The van der Waals surface area contributed by atoms with Crippen molar-refractivity contribution in [3.8, 4) is 0 Å². The van der Waals surface area contributed by atoms with Crippen molar-refractivity contribution in [2.24, 2.45) is 0 Å². The zero-order valence-corrected chi connectivity index (χ0v) is 10.7. The van der Waals surface area contributed by atoms with Gasteiger partial charge in [0.25, 0.3) is 0 Å². The molecular weight excluding hydrogens is 254 g/mol. The zero-order chi connectivity index (χ0) is 11.1. The molecule has 0 atom stereocenters. The van der Waals surface area contributed by atoms with Crippen molar-refractivity contribution in [3.63, 3.8) is 0 Å². The standard InChI is InChI=1S/C9H12ClNO2S2/c1-11(7-2-3-7)15(12,13)9-4-5-14-8(9)6-10/h4-5,7H,2-3,6H2,1H3. The van der Waals surface area contributed by atoms with Gasteiger partial charge in [0, 0.05) is 18.0 Å². The Morgan fingerprint density at radius 2 is 2.27 bits per heavy atom. The SMILES string of the molecule is CN(C1CC1)S(=O)(=O)c1ccsc1CCl. The van der Waals surface area contributed by atoms with Crippen LogP contribution in [0, 0.1) is 0 Å². The van der Waals surface area contributed by atoms with Gasteiger partial charge in [-0.1, -0.05) is 0 Å². The van der Waals surface area contributed by atoms with Gasteiger partial charge in [-0.2, -0.15) is 4.31 Å². The Bertz CT molecular complexity index is 450. The molecule has 6 heteroatoms. The van der Waals surface area contributed by atoms with Gasteiger partial charge in [-0.05, 0) is 24.3 Å². The molecule has 1 aliphatic rings. The second-order valence-electron chi connectivity index (χ2n) is 3.59. The van der Waals surface area contributed by atoms with Crippen molar-refractivity contribution < 1.29 is 8.42 Å². The first kappa shape index (κ1) is 11.4. The van der Waals surface area contributed by atoms with E-state index in [2.05, 4.69) is 0 Å². The molecule has 1 aliphatic carbocycles. The smallest absolute Gasteiger partial charge is 0.207 e. The summed E-state index contributed by atoms with van der Waals surface area (Å²) in [6.07, 6.45) is 1.94. The van der Waals surface area contributed by atoms with E-state index in [1.54, 1.807) is 18.5 Å². The third kappa shape index (κ3) is 2.06. The quantitative estimate of drug-likeness (QED) is 0.784. The molecule has 0 amide bonds. The monoisotopic (exact) mass is 265 g/mol. The minimum Gasteiger partial charge on any atom is -0.207 e. The van der Waals surface area contributed by atoms with Crippen molar-refractivity contribution in [1.29, 1.82) is 0 Å². The fourth-order valence-electron chi connectivity index (χ4n) is 1.45.